The number of nitrogens with zero attached hydrogens (tertiary/aromatic N) is 1. The Kier molecular flexibility index (Phi) is 5.60. The fourth-order valence-corrected chi connectivity index (χ4v) is 5.16. The Balaban J connectivity index is 1.53. The highest BCUT2D eigenvalue weighted by atomic mass is 19.1. The molecule has 2 fully saturated rings. The molecule has 5 nitrogen and oxygen atoms in total. The van der Waals surface area contributed by atoms with Crippen molar-refractivity contribution in [3.05, 3.63) is 71.0 Å². The van der Waals surface area contributed by atoms with E-state index in [9.17, 15) is 19.1 Å². The van der Waals surface area contributed by atoms with Crippen LogP contribution in [-0.2, 0) is 15.2 Å². The standard InChI is InChI=1S/C25H29FN2O3/c1-17-4-3-5-19(14-17)24(2,31)23(30)28-12-10-25(11-13-28)15-22(29)27-16-21(25)18-6-8-20(26)9-7-18/h3-9,14,21,31H,10-13,15-16H2,1-2H3,(H,27,29)/t21-,24-/m0/s1. The predicted octanol–water partition coefficient (Wildman–Crippen LogP) is 3.25. The Morgan fingerprint density at radius 1 is 1.19 bits per heavy atom. The smallest absolute Gasteiger partial charge is 0.258 e. The molecule has 164 valence electrons. The number of rotatable bonds is 3. The summed E-state index contributed by atoms with van der Waals surface area (Å²) in [6.45, 7) is 4.94. The summed E-state index contributed by atoms with van der Waals surface area (Å²) in [6.07, 6.45) is 1.72. The van der Waals surface area contributed by atoms with Gasteiger partial charge in [-0.25, -0.2) is 4.39 Å². The molecule has 6 heteroatoms. The van der Waals surface area contributed by atoms with Gasteiger partial charge >= 0.3 is 0 Å². The third-order valence-corrected chi connectivity index (χ3v) is 7.07. The number of halogens is 1. The fourth-order valence-electron chi connectivity index (χ4n) is 5.16. The van der Waals surface area contributed by atoms with Gasteiger partial charge in [-0.1, -0.05) is 42.0 Å². The Morgan fingerprint density at radius 3 is 2.52 bits per heavy atom. The molecule has 2 N–H and O–H groups in total. The van der Waals surface area contributed by atoms with Crippen LogP contribution in [-0.4, -0.2) is 41.5 Å². The van der Waals surface area contributed by atoms with Crippen molar-refractivity contribution in [3.63, 3.8) is 0 Å². The SMILES string of the molecule is Cc1cccc([C@](C)(O)C(=O)N2CCC3(CC2)CC(=O)NC[C@H]3c2ccc(F)cc2)c1. The highest BCUT2D eigenvalue weighted by Crippen LogP contribution is 2.49. The van der Waals surface area contributed by atoms with Gasteiger partial charge in [0, 0.05) is 32.0 Å². The van der Waals surface area contributed by atoms with Gasteiger partial charge in [0.1, 0.15) is 5.82 Å². The number of hydrogen-bond donors (Lipinski definition) is 2. The molecule has 31 heavy (non-hydrogen) atoms. The number of benzene rings is 2. The van der Waals surface area contributed by atoms with Crippen LogP contribution in [0.4, 0.5) is 4.39 Å². The molecule has 2 aromatic carbocycles. The van der Waals surface area contributed by atoms with Crippen molar-refractivity contribution in [2.45, 2.75) is 44.6 Å². The molecule has 1 spiro atoms. The van der Waals surface area contributed by atoms with Crippen molar-refractivity contribution < 1.29 is 19.1 Å². The van der Waals surface area contributed by atoms with E-state index in [1.54, 1.807) is 30.0 Å². The van der Waals surface area contributed by atoms with E-state index in [-0.39, 0.29) is 29.0 Å². The van der Waals surface area contributed by atoms with Crippen molar-refractivity contribution in [2.75, 3.05) is 19.6 Å². The van der Waals surface area contributed by atoms with Crippen molar-refractivity contribution >= 4 is 11.8 Å². The lowest BCUT2D eigenvalue weighted by atomic mass is 9.62. The zero-order valence-electron chi connectivity index (χ0n) is 18.0. The molecule has 2 atom stereocenters. The number of nitrogens with one attached hydrogen (secondary N) is 1. The minimum atomic E-state index is -1.60. The van der Waals surface area contributed by atoms with Crippen LogP contribution in [0, 0.1) is 18.2 Å². The summed E-state index contributed by atoms with van der Waals surface area (Å²) in [5.41, 5.74) is 0.702. The maximum Gasteiger partial charge on any atom is 0.258 e. The van der Waals surface area contributed by atoms with E-state index in [1.807, 2.05) is 25.1 Å². The first-order valence-corrected chi connectivity index (χ1v) is 10.8. The molecule has 2 amide bonds. The van der Waals surface area contributed by atoms with E-state index in [1.165, 1.54) is 12.1 Å². The quantitative estimate of drug-likeness (QED) is 0.795. The zero-order chi connectivity index (χ0) is 22.2. The van der Waals surface area contributed by atoms with Crippen LogP contribution in [0.25, 0.3) is 0 Å². The summed E-state index contributed by atoms with van der Waals surface area (Å²) >= 11 is 0. The Hall–Kier alpha value is -2.73. The van der Waals surface area contributed by atoms with Crippen LogP contribution in [0.15, 0.2) is 48.5 Å². The molecule has 0 aromatic heterocycles. The van der Waals surface area contributed by atoms with Gasteiger partial charge < -0.3 is 15.3 Å². The van der Waals surface area contributed by atoms with Crippen LogP contribution >= 0.6 is 0 Å². The monoisotopic (exact) mass is 424 g/mol. The molecule has 0 aliphatic carbocycles. The molecule has 2 aliphatic heterocycles. The molecular formula is C25H29FN2O3. The van der Waals surface area contributed by atoms with Gasteiger partial charge in [0.25, 0.3) is 5.91 Å². The van der Waals surface area contributed by atoms with Gasteiger partial charge in [0.2, 0.25) is 5.91 Å². The second-order valence-corrected chi connectivity index (χ2v) is 9.18. The number of aliphatic hydroxyl groups is 1. The van der Waals surface area contributed by atoms with Crippen LogP contribution in [0.1, 0.15) is 48.8 Å². The lowest BCUT2D eigenvalue weighted by Gasteiger charge is -2.49. The molecule has 2 aromatic rings. The molecular weight excluding hydrogens is 395 g/mol. The van der Waals surface area contributed by atoms with Gasteiger partial charge in [-0.2, -0.15) is 0 Å². The number of piperidine rings is 2. The molecule has 4 rings (SSSR count). The summed E-state index contributed by atoms with van der Waals surface area (Å²) in [5.74, 6) is -0.506. The van der Waals surface area contributed by atoms with Gasteiger partial charge in [-0.3, -0.25) is 9.59 Å². The van der Waals surface area contributed by atoms with E-state index in [0.717, 1.165) is 11.1 Å². The summed E-state index contributed by atoms with van der Waals surface area (Å²) in [7, 11) is 0. The van der Waals surface area contributed by atoms with E-state index in [0.29, 0.717) is 44.5 Å². The minimum Gasteiger partial charge on any atom is -0.376 e. The van der Waals surface area contributed by atoms with E-state index < -0.39 is 5.60 Å². The first-order chi connectivity index (χ1) is 14.7. The molecule has 0 saturated carbocycles. The predicted molar refractivity (Wildman–Crippen MR) is 116 cm³/mol. The summed E-state index contributed by atoms with van der Waals surface area (Å²) < 4.78 is 13.4. The molecule has 2 saturated heterocycles. The number of likely N-dealkylation sites (tertiary alicyclic amines) is 1. The number of hydrogen-bond acceptors (Lipinski definition) is 3. The first-order valence-electron chi connectivity index (χ1n) is 10.8. The normalized spacial score (nSPS) is 22.6. The second-order valence-electron chi connectivity index (χ2n) is 9.18. The van der Waals surface area contributed by atoms with E-state index >= 15 is 0 Å². The van der Waals surface area contributed by atoms with Crippen LogP contribution in [0.2, 0.25) is 0 Å². The third kappa shape index (κ3) is 4.09. The van der Waals surface area contributed by atoms with Crippen LogP contribution in [0.5, 0.6) is 0 Å². The molecule has 0 radical (unpaired) electrons. The number of aryl methyl sites for hydroxylation is 1. The maximum absolute atomic E-state index is 13.4. The van der Waals surface area contributed by atoms with Gasteiger partial charge in [0.05, 0.1) is 0 Å². The number of carbonyl (C=O) groups is 2. The molecule has 0 unspecified atom stereocenters. The van der Waals surface area contributed by atoms with Gasteiger partial charge in [0.15, 0.2) is 5.60 Å². The highest BCUT2D eigenvalue weighted by molar-refractivity contribution is 5.86. The van der Waals surface area contributed by atoms with Crippen LogP contribution in [0.3, 0.4) is 0 Å². The van der Waals surface area contributed by atoms with Crippen molar-refractivity contribution in [1.29, 1.82) is 0 Å². The first kappa shape index (κ1) is 21.5. The maximum atomic E-state index is 13.4. The Labute approximate surface area is 182 Å². The van der Waals surface area contributed by atoms with E-state index in [4.69, 9.17) is 0 Å². The Morgan fingerprint density at radius 2 is 1.87 bits per heavy atom. The molecule has 0 bridgehead atoms. The summed E-state index contributed by atoms with van der Waals surface area (Å²) in [4.78, 5) is 27.2. The minimum absolute atomic E-state index is 0.0184. The average Bonchev–Trinajstić information content (AvgIpc) is 2.75. The Bertz CT molecular complexity index is 979. The lowest BCUT2D eigenvalue weighted by Crippen LogP contribution is -2.55. The largest absolute Gasteiger partial charge is 0.376 e. The second kappa shape index (κ2) is 8.08. The van der Waals surface area contributed by atoms with Crippen molar-refractivity contribution in [1.82, 2.24) is 10.2 Å². The zero-order valence-corrected chi connectivity index (χ0v) is 18.0. The van der Waals surface area contributed by atoms with E-state index in [2.05, 4.69) is 5.32 Å². The van der Waals surface area contributed by atoms with Crippen LogP contribution < -0.4 is 5.32 Å². The van der Waals surface area contributed by atoms with Gasteiger partial charge in [-0.05, 0) is 55.4 Å². The third-order valence-electron chi connectivity index (χ3n) is 7.07. The summed E-state index contributed by atoms with van der Waals surface area (Å²) in [6, 6.07) is 13.9. The summed E-state index contributed by atoms with van der Waals surface area (Å²) in [5, 5.41) is 14.0. The number of carbonyl (C=O) groups excluding carboxylic acids is 2. The fraction of sp³-hybridized carbons (Fsp3) is 0.440. The van der Waals surface area contributed by atoms with Crippen molar-refractivity contribution in [3.8, 4) is 0 Å². The lowest BCUT2D eigenvalue weighted by molar-refractivity contribution is -0.154. The van der Waals surface area contributed by atoms with Gasteiger partial charge in [-0.15, -0.1) is 0 Å². The number of amides is 2. The molecule has 2 aliphatic rings. The van der Waals surface area contributed by atoms with Crippen molar-refractivity contribution in [2.24, 2.45) is 5.41 Å². The topological polar surface area (TPSA) is 69.6 Å². The highest BCUT2D eigenvalue weighted by Gasteiger charge is 2.48. The molecule has 2 heterocycles. The average molecular weight is 425 g/mol.